The van der Waals surface area contributed by atoms with Crippen molar-refractivity contribution in [2.75, 3.05) is 24.5 Å². The summed E-state index contributed by atoms with van der Waals surface area (Å²) in [5, 5.41) is 9.28. The molecule has 0 bridgehead atoms. The number of carbonyl (C=O) groups excluding carboxylic acids is 1. The Morgan fingerprint density at radius 2 is 2.13 bits per heavy atom. The van der Waals surface area contributed by atoms with Crippen molar-refractivity contribution in [1.82, 2.24) is 10.6 Å². The lowest BCUT2D eigenvalue weighted by atomic mass is 10.1. The molecule has 1 heterocycles. The Bertz CT molecular complexity index is 832. The van der Waals surface area contributed by atoms with Gasteiger partial charge in [-0.15, -0.1) is 0 Å². The highest BCUT2D eigenvalue weighted by molar-refractivity contribution is 5.68. The van der Waals surface area contributed by atoms with Crippen LogP contribution in [0.2, 0.25) is 0 Å². The molecular formula is C24H34N4O3. The number of anilines is 1. The topological polar surface area (TPSA) is 75.2 Å². The molecule has 1 atom stereocenters. The molecule has 168 valence electrons. The van der Waals surface area contributed by atoms with Gasteiger partial charge in [-0.3, -0.25) is 4.84 Å². The van der Waals surface area contributed by atoms with E-state index in [9.17, 15) is 4.79 Å². The number of hydrogen-bond donors (Lipinski definition) is 2. The van der Waals surface area contributed by atoms with Crippen LogP contribution in [0, 0.1) is 0 Å². The van der Waals surface area contributed by atoms with Crippen LogP contribution in [-0.2, 0) is 4.84 Å². The minimum absolute atomic E-state index is 0.244. The van der Waals surface area contributed by atoms with E-state index in [4.69, 9.17) is 4.74 Å². The van der Waals surface area contributed by atoms with Crippen molar-refractivity contribution in [2.45, 2.75) is 46.1 Å². The number of fused-ring (bicyclic) bond motifs is 1. The maximum absolute atomic E-state index is 11.4. The van der Waals surface area contributed by atoms with Crippen LogP contribution in [0.5, 0.6) is 5.75 Å². The second-order valence-electron chi connectivity index (χ2n) is 7.36. The Hall–Kier alpha value is -3.06. The highest BCUT2D eigenvalue weighted by Gasteiger charge is 2.23. The highest BCUT2D eigenvalue weighted by Crippen LogP contribution is 2.38. The first kappa shape index (κ1) is 24.2. The first-order valence-corrected chi connectivity index (χ1v) is 10.8. The number of allylic oxidation sites excluding steroid dienone is 2. The quantitative estimate of drug-likeness (QED) is 0.219. The van der Waals surface area contributed by atoms with Crippen LogP contribution in [0.3, 0.4) is 0 Å². The zero-order valence-corrected chi connectivity index (χ0v) is 18.8. The summed E-state index contributed by atoms with van der Waals surface area (Å²) in [6.07, 6.45) is 6.40. The standard InChI is InChI=1S/C24H34N4O3/c1-6-15-26-20(7-2)14-16-28-21(13-12-18(3)17-27-24(29)31-25-5)19(4)30-23-11-9-8-10-22(23)28/h8-13,20,26H,3,5-7,14-17H2,1-2,4H3,(H,27,29)/b13-12-. The molecule has 2 rings (SSSR count). The third kappa shape index (κ3) is 7.29. The third-order valence-corrected chi connectivity index (χ3v) is 5.03. The van der Waals surface area contributed by atoms with Gasteiger partial charge >= 0.3 is 6.09 Å². The molecule has 1 aliphatic rings. The lowest BCUT2D eigenvalue weighted by molar-refractivity contribution is 0.153. The molecule has 1 amide bonds. The second-order valence-corrected chi connectivity index (χ2v) is 7.36. The minimum atomic E-state index is -0.665. The molecule has 0 fully saturated rings. The fraction of sp³-hybridized carbons (Fsp3) is 0.417. The highest BCUT2D eigenvalue weighted by atomic mass is 16.7. The minimum Gasteiger partial charge on any atom is -0.458 e. The average Bonchev–Trinajstić information content (AvgIpc) is 2.77. The molecule has 0 aliphatic carbocycles. The van der Waals surface area contributed by atoms with E-state index >= 15 is 0 Å². The number of ether oxygens (including phenoxy) is 1. The van der Waals surface area contributed by atoms with Gasteiger partial charge in [0, 0.05) is 25.8 Å². The van der Waals surface area contributed by atoms with Gasteiger partial charge in [0.15, 0.2) is 5.75 Å². The van der Waals surface area contributed by atoms with E-state index in [0.717, 1.165) is 60.8 Å². The maximum Gasteiger partial charge on any atom is 0.433 e. The number of amides is 1. The van der Waals surface area contributed by atoms with Crippen LogP contribution in [-0.4, -0.2) is 38.5 Å². The number of benzene rings is 1. The number of oxime groups is 1. The van der Waals surface area contributed by atoms with Gasteiger partial charge in [0.25, 0.3) is 0 Å². The zero-order chi connectivity index (χ0) is 22.6. The summed E-state index contributed by atoms with van der Waals surface area (Å²) < 4.78 is 6.07. The Balaban J connectivity index is 2.15. The number of para-hydroxylation sites is 2. The molecule has 0 aromatic heterocycles. The van der Waals surface area contributed by atoms with E-state index in [0.29, 0.717) is 6.04 Å². The van der Waals surface area contributed by atoms with Crippen molar-refractivity contribution < 1.29 is 14.4 Å². The summed E-state index contributed by atoms with van der Waals surface area (Å²) in [6.45, 7) is 15.6. The summed E-state index contributed by atoms with van der Waals surface area (Å²) in [7, 11) is 0. The fourth-order valence-corrected chi connectivity index (χ4v) is 3.37. The van der Waals surface area contributed by atoms with Crippen molar-refractivity contribution in [3.05, 3.63) is 60.0 Å². The number of nitrogens with one attached hydrogen (secondary N) is 2. The van der Waals surface area contributed by atoms with E-state index in [1.165, 1.54) is 0 Å². The predicted molar refractivity (Wildman–Crippen MR) is 126 cm³/mol. The SMILES string of the molecule is C=NOC(=O)NCC(=C)/C=C\C1=C(C)Oc2ccccc2N1CCC(CC)NCCC. The molecule has 1 aliphatic heterocycles. The first-order valence-electron chi connectivity index (χ1n) is 10.8. The molecule has 1 aromatic rings. The molecule has 31 heavy (non-hydrogen) atoms. The van der Waals surface area contributed by atoms with E-state index in [2.05, 4.69) is 58.7 Å². The number of hydrogen-bond acceptors (Lipinski definition) is 6. The smallest absolute Gasteiger partial charge is 0.433 e. The Labute approximate surface area is 185 Å². The van der Waals surface area contributed by atoms with Gasteiger partial charge in [-0.1, -0.05) is 43.8 Å². The summed E-state index contributed by atoms with van der Waals surface area (Å²) in [4.78, 5) is 18.1. The van der Waals surface area contributed by atoms with Gasteiger partial charge in [-0.05, 0) is 56.5 Å². The van der Waals surface area contributed by atoms with Crippen LogP contribution in [0.4, 0.5) is 10.5 Å². The second kappa shape index (κ2) is 12.6. The molecule has 0 spiro atoms. The zero-order valence-electron chi connectivity index (χ0n) is 18.8. The molecule has 7 heteroatoms. The van der Waals surface area contributed by atoms with E-state index in [1.807, 2.05) is 37.3 Å². The van der Waals surface area contributed by atoms with E-state index < -0.39 is 6.09 Å². The van der Waals surface area contributed by atoms with Crippen LogP contribution >= 0.6 is 0 Å². The van der Waals surface area contributed by atoms with Crippen molar-refractivity contribution in [3.63, 3.8) is 0 Å². The lowest BCUT2D eigenvalue weighted by Crippen LogP contribution is -2.35. The van der Waals surface area contributed by atoms with E-state index in [-0.39, 0.29) is 6.54 Å². The molecule has 2 N–H and O–H groups in total. The van der Waals surface area contributed by atoms with Crippen molar-refractivity contribution in [1.29, 1.82) is 0 Å². The van der Waals surface area contributed by atoms with Gasteiger partial charge in [0.2, 0.25) is 0 Å². The normalized spacial score (nSPS) is 14.1. The van der Waals surface area contributed by atoms with Gasteiger partial charge in [-0.2, -0.15) is 0 Å². The molecule has 1 aromatic carbocycles. The predicted octanol–water partition coefficient (Wildman–Crippen LogP) is 4.74. The van der Waals surface area contributed by atoms with Gasteiger partial charge in [0.1, 0.15) is 5.76 Å². The van der Waals surface area contributed by atoms with E-state index in [1.54, 1.807) is 0 Å². The Morgan fingerprint density at radius 1 is 1.35 bits per heavy atom. The molecular weight excluding hydrogens is 392 g/mol. The number of nitrogens with zero attached hydrogens (tertiary/aromatic N) is 2. The average molecular weight is 427 g/mol. The Kier molecular flexibility index (Phi) is 9.84. The first-order chi connectivity index (χ1) is 15.0. The van der Waals surface area contributed by atoms with Crippen LogP contribution in [0.25, 0.3) is 0 Å². The fourth-order valence-electron chi connectivity index (χ4n) is 3.37. The lowest BCUT2D eigenvalue weighted by Gasteiger charge is -2.34. The van der Waals surface area contributed by atoms with Gasteiger partial charge in [-0.25, -0.2) is 4.79 Å². The molecule has 0 saturated carbocycles. The van der Waals surface area contributed by atoms with Crippen LogP contribution in [0.1, 0.15) is 40.0 Å². The van der Waals surface area contributed by atoms with Crippen LogP contribution in [0.15, 0.2) is 65.2 Å². The number of carbonyl (C=O) groups is 1. The molecule has 0 radical (unpaired) electrons. The maximum atomic E-state index is 11.4. The Morgan fingerprint density at radius 3 is 2.84 bits per heavy atom. The van der Waals surface area contributed by atoms with Crippen molar-refractivity contribution in [2.24, 2.45) is 5.16 Å². The summed E-state index contributed by atoms with van der Waals surface area (Å²) in [5.74, 6) is 1.67. The molecule has 7 nitrogen and oxygen atoms in total. The summed E-state index contributed by atoms with van der Waals surface area (Å²) in [5.41, 5.74) is 2.74. The molecule has 1 unspecified atom stereocenters. The number of rotatable bonds is 12. The monoisotopic (exact) mass is 426 g/mol. The summed E-state index contributed by atoms with van der Waals surface area (Å²) >= 11 is 0. The largest absolute Gasteiger partial charge is 0.458 e. The van der Waals surface area contributed by atoms with Crippen molar-refractivity contribution in [3.8, 4) is 5.75 Å². The van der Waals surface area contributed by atoms with Crippen molar-refractivity contribution >= 4 is 18.5 Å². The third-order valence-electron chi connectivity index (χ3n) is 5.03. The summed E-state index contributed by atoms with van der Waals surface area (Å²) in [6, 6.07) is 8.52. The van der Waals surface area contributed by atoms with Gasteiger partial charge < -0.3 is 20.3 Å². The van der Waals surface area contributed by atoms with Gasteiger partial charge in [0.05, 0.1) is 11.4 Å². The molecule has 0 saturated heterocycles. The van der Waals surface area contributed by atoms with Crippen LogP contribution < -0.4 is 20.3 Å².